The number of allylic oxidation sites excluding steroid dienone is 4. The normalized spacial score (nSPS) is 44.4. The highest BCUT2D eigenvalue weighted by molar-refractivity contribution is 5.39. The summed E-state index contributed by atoms with van der Waals surface area (Å²) in [6.45, 7) is 10.3. The Morgan fingerprint density at radius 2 is 1.97 bits per heavy atom. The van der Waals surface area contributed by atoms with Crippen LogP contribution in [0.25, 0.3) is 0 Å². The Balaban J connectivity index is 1.50. The average Bonchev–Trinajstić information content (AvgIpc) is 3.27. The van der Waals surface area contributed by atoms with Gasteiger partial charge in [-0.3, -0.25) is 0 Å². The first-order valence-electron chi connectivity index (χ1n) is 11.9. The van der Waals surface area contributed by atoms with Gasteiger partial charge in [0, 0.05) is 6.42 Å². The van der Waals surface area contributed by atoms with E-state index in [9.17, 15) is 15.3 Å². The van der Waals surface area contributed by atoms with Gasteiger partial charge in [-0.05, 0) is 99.0 Å². The summed E-state index contributed by atoms with van der Waals surface area (Å²) in [5.41, 5.74) is 3.52. The number of hydrogen-bond acceptors (Lipinski definition) is 3. The van der Waals surface area contributed by atoms with Crippen LogP contribution in [0, 0.1) is 22.7 Å². The van der Waals surface area contributed by atoms with E-state index in [2.05, 4.69) is 37.8 Å². The van der Waals surface area contributed by atoms with Crippen LogP contribution in [0.3, 0.4) is 0 Å². The molecule has 0 aromatic carbocycles. The molecule has 166 valence electrons. The summed E-state index contributed by atoms with van der Waals surface area (Å²) in [6.07, 6.45) is 17.3. The monoisotopic (exact) mass is 412 g/mol. The zero-order valence-corrected chi connectivity index (χ0v) is 19.0. The average molecular weight is 413 g/mol. The molecule has 4 aliphatic rings. The van der Waals surface area contributed by atoms with Gasteiger partial charge >= 0.3 is 0 Å². The topological polar surface area (TPSA) is 60.7 Å². The van der Waals surface area contributed by atoms with E-state index < -0.39 is 17.8 Å². The molecule has 4 aliphatic carbocycles. The molecule has 6 atom stereocenters. The smallest absolute Gasteiger partial charge is 0.0811 e. The highest BCUT2D eigenvalue weighted by atomic mass is 16.3. The van der Waals surface area contributed by atoms with Crippen molar-refractivity contribution in [3.63, 3.8) is 0 Å². The second-order valence-electron chi connectivity index (χ2n) is 11.3. The van der Waals surface area contributed by atoms with Gasteiger partial charge in [-0.25, -0.2) is 0 Å². The first kappa shape index (κ1) is 22.0. The Hall–Kier alpha value is -1.16. The first-order valence-corrected chi connectivity index (χ1v) is 11.9. The van der Waals surface area contributed by atoms with Crippen molar-refractivity contribution in [2.45, 2.75) is 96.4 Å². The third-order valence-electron chi connectivity index (χ3n) is 8.78. The van der Waals surface area contributed by atoms with Crippen LogP contribution in [-0.4, -0.2) is 33.1 Å². The molecule has 3 N–H and O–H groups in total. The Morgan fingerprint density at radius 3 is 2.70 bits per heavy atom. The standard InChI is InChI=1S/C27H40O3/c1-18-20(15-22(28)16-24(18)29)10-9-19-7-5-13-26(4)23(19)11-14-27(26)17-21(27)8-6-12-25(2,3)30/h6,8-10,21-24,28-30H,1,5,7,11-17H2,2-4H3/b8-6+,19-9-,20-10-/t21-,22-,23+,24+,26+,27-/m1/s1. The van der Waals surface area contributed by atoms with Crippen molar-refractivity contribution in [1.82, 2.24) is 0 Å². The lowest BCUT2D eigenvalue weighted by Crippen LogP contribution is -2.35. The van der Waals surface area contributed by atoms with Gasteiger partial charge in [0.25, 0.3) is 0 Å². The van der Waals surface area contributed by atoms with E-state index in [1.807, 2.05) is 13.8 Å². The predicted octanol–water partition coefficient (Wildman–Crippen LogP) is 5.23. The molecule has 0 radical (unpaired) electrons. The zero-order chi connectivity index (χ0) is 21.7. The summed E-state index contributed by atoms with van der Waals surface area (Å²) >= 11 is 0. The van der Waals surface area contributed by atoms with Gasteiger partial charge in [-0.1, -0.05) is 43.4 Å². The van der Waals surface area contributed by atoms with E-state index >= 15 is 0 Å². The summed E-state index contributed by atoms with van der Waals surface area (Å²) in [5.74, 6) is 1.30. The van der Waals surface area contributed by atoms with Gasteiger partial charge in [0.1, 0.15) is 0 Å². The Labute approximate surface area is 182 Å². The van der Waals surface area contributed by atoms with Crippen LogP contribution in [0.5, 0.6) is 0 Å². The van der Waals surface area contributed by atoms with Crippen molar-refractivity contribution in [2.75, 3.05) is 0 Å². The summed E-state index contributed by atoms with van der Waals surface area (Å²) in [5, 5.41) is 30.2. The fourth-order valence-electron chi connectivity index (χ4n) is 6.92. The molecule has 30 heavy (non-hydrogen) atoms. The fraction of sp³-hybridized carbons (Fsp3) is 0.704. The highest BCUT2D eigenvalue weighted by Crippen LogP contribution is 2.77. The number of aliphatic hydroxyl groups is 3. The van der Waals surface area contributed by atoms with Crippen LogP contribution >= 0.6 is 0 Å². The first-order chi connectivity index (χ1) is 14.1. The molecule has 4 fully saturated rings. The number of aliphatic hydroxyl groups excluding tert-OH is 2. The van der Waals surface area contributed by atoms with Crippen molar-refractivity contribution in [1.29, 1.82) is 0 Å². The zero-order valence-electron chi connectivity index (χ0n) is 19.0. The lowest BCUT2D eigenvalue weighted by Gasteiger charge is -2.43. The second kappa shape index (κ2) is 7.76. The minimum absolute atomic E-state index is 0.363. The Kier molecular flexibility index (Phi) is 5.70. The van der Waals surface area contributed by atoms with Crippen LogP contribution in [0.2, 0.25) is 0 Å². The highest BCUT2D eigenvalue weighted by Gasteiger charge is 2.68. The van der Waals surface area contributed by atoms with Gasteiger partial charge in [-0.15, -0.1) is 0 Å². The van der Waals surface area contributed by atoms with Gasteiger partial charge in [0.2, 0.25) is 0 Å². The number of fused-ring (bicyclic) bond motifs is 2. The molecule has 3 nitrogen and oxygen atoms in total. The fourth-order valence-corrected chi connectivity index (χ4v) is 6.92. The molecule has 4 rings (SSSR count). The third kappa shape index (κ3) is 3.89. The molecule has 0 unspecified atom stereocenters. The molecule has 0 bridgehead atoms. The lowest BCUT2D eigenvalue weighted by atomic mass is 9.61. The van der Waals surface area contributed by atoms with Crippen molar-refractivity contribution < 1.29 is 15.3 Å². The molecule has 1 spiro atoms. The van der Waals surface area contributed by atoms with Crippen molar-refractivity contribution >= 4 is 0 Å². The van der Waals surface area contributed by atoms with Crippen LogP contribution in [-0.2, 0) is 0 Å². The molecule has 0 aromatic rings. The van der Waals surface area contributed by atoms with Crippen LogP contribution < -0.4 is 0 Å². The van der Waals surface area contributed by atoms with E-state index in [1.54, 1.807) is 5.57 Å². The van der Waals surface area contributed by atoms with E-state index in [0.29, 0.717) is 35.5 Å². The van der Waals surface area contributed by atoms with Gasteiger partial charge in [-0.2, -0.15) is 0 Å². The third-order valence-corrected chi connectivity index (χ3v) is 8.78. The Morgan fingerprint density at radius 1 is 1.20 bits per heavy atom. The quantitative estimate of drug-likeness (QED) is 0.554. The maximum atomic E-state index is 10.1. The minimum Gasteiger partial charge on any atom is -0.393 e. The van der Waals surface area contributed by atoms with E-state index in [-0.39, 0.29) is 0 Å². The molecule has 0 amide bonds. The summed E-state index contributed by atoms with van der Waals surface area (Å²) in [4.78, 5) is 0. The SMILES string of the molecule is C=C1/C(=C\C=C2\CCC[C@@]3(C)[C@H]2CC[C@]32C[C@H]2/C=C/CC(C)(C)O)C[C@@H](O)C[C@@H]1O. The van der Waals surface area contributed by atoms with E-state index in [4.69, 9.17) is 0 Å². The van der Waals surface area contributed by atoms with Crippen molar-refractivity contribution in [3.8, 4) is 0 Å². The molecular weight excluding hydrogens is 372 g/mol. The van der Waals surface area contributed by atoms with Crippen LogP contribution in [0.15, 0.2) is 47.6 Å². The molecular formula is C27H40O3. The summed E-state index contributed by atoms with van der Waals surface area (Å²) in [6, 6.07) is 0. The summed E-state index contributed by atoms with van der Waals surface area (Å²) < 4.78 is 0. The molecule has 3 heteroatoms. The number of rotatable bonds is 4. The molecule has 4 saturated carbocycles. The maximum absolute atomic E-state index is 10.1. The lowest BCUT2D eigenvalue weighted by molar-refractivity contribution is 0.0834. The van der Waals surface area contributed by atoms with Gasteiger partial charge in [0.05, 0.1) is 17.8 Å². The van der Waals surface area contributed by atoms with Gasteiger partial charge < -0.3 is 15.3 Å². The van der Waals surface area contributed by atoms with Crippen LogP contribution in [0.4, 0.5) is 0 Å². The molecule has 0 aromatic heterocycles. The van der Waals surface area contributed by atoms with E-state index in [0.717, 1.165) is 24.0 Å². The summed E-state index contributed by atoms with van der Waals surface area (Å²) in [7, 11) is 0. The maximum Gasteiger partial charge on any atom is 0.0811 e. The van der Waals surface area contributed by atoms with Crippen LogP contribution in [0.1, 0.15) is 78.6 Å². The van der Waals surface area contributed by atoms with Crippen molar-refractivity contribution in [2.24, 2.45) is 22.7 Å². The van der Waals surface area contributed by atoms with E-state index in [1.165, 1.54) is 32.1 Å². The minimum atomic E-state index is -0.626. The molecule has 0 aliphatic heterocycles. The molecule has 0 heterocycles. The van der Waals surface area contributed by atoms with Gasteiger partial charge in [0.15, 0.2) is 0 Å². The number of hydrogen-bond donors (Lipinski definition) is 3. The Bertz CT molecular complexity index is 782. The largest absolute Gasteiger partial charge is 0.393 e. The van der Waals surface area contributed by atoms with Crippen molar-refractivity contribution in [3.05, 3.63) is 47.6 Å². The predicted molar refractivity (Wildman–Crippen MR) is 122 cm³/mol. The molecule has 0 saturated heterocycles. The second-order valence-corrected chi connectivity index (χ2v) is 11.3.